The third-order valence-corrected chi connectivity index (χ3v) is 3.63. The first-order valence-electron chi connectivity index (χ1n) is 5.23. The summed E-state index contributed by atoms with van der Waals surface area (Å²) in [5.74, 6) is 1.72. The number of aromatic nitrogens is 1. The number of rotatable bonds is 2. The van der Waals surface area contributed by atoms with Crippen LogP contribution in [0.15, 0.2) is 34.8 Å². The maximum absolute atomic E-state index is 5.66. The molecule has 2 rings (SSSR count). The Kier molecular flexibility index (Phi) is 3.33. The summed E-state index contributed by atoms with van der Waals surface area (Å²) in [6.07, 6.45) is 0. The Hall–Kier alpha value is -1.55. The molecule has 0 saturated heterocycles. The van der Waals surface area contributed by atoms with E-state index in [2.05, 4.69) is 20.9 Å². The molecule has 1 aromatic carbocycles. The lowest BCUT2D eigenvalue weighted by Gasteiger charge is -2.09. The second kappa shape index (κ2) is 4.75. The van der Waals surface area contributed by atoms with Gasteiger partial charge in [0, 0.05) is 10.5 Å². The van der Waals surface area contributed by atoms with Gasteiger partial charge >= 0.3 is 0 Å². The number of aryl methyl sites for hydroxylation is 2. The van der Waals surface area contributed by atoms with Gasteiger partial charge in [0.15, 0.2) is 0 Å². The topological polar surface area (TPSA) is 48.1 Å². The standard InChI is InChI=1S/C13H13BrN2O/c1-8-6-10(7-9(2)13(8)14)17-12-5-3-4-11(15)16-12/h3-7H,1-2H3,(H2,15,16). The zero-order chi connectivity index (χ0) is 12.4. The molecule has 0 radical (unpaired) electrons. The van der Waals surface area contributed by atoms with Crippen molar-refractivity contribution in [1.82, 2.24) is 4.98 Å². The number of hydrogen-bond donors (Lipinski definition) is 1. The van der Waals surface area contributed by atoms with E-state index in [0.717, 1.165) is 21.3 Å². The maximum atomic E-state index is 5.66. The van der Waals surface area contributed by atoms with E-state index in [1.54, 1.807) is 12.1 Å². The molecule has 0 saturated carbocycles. The molecule has 17 heavy (non-hydrogen) atoms. The van der Waals surface area contributed by atoms with Crippen molar-refractivity contribution in [3.63, 3.8) is 0 Å². The zero-order valence-electron chi connectivity index (χ0n) is 9.70. The van der Waals surface area contributed by atoms with Gasteiger partial charge < -0.3 is 10.5 Å². The van der Waals surface area contributed by atoms with Crippen LogP contribution >= 0.6 is 15.9 Å². The molecule has 0 aliphatic carbocycles. The minimum atomic E-state index is 0.452. The average molecular weight is 293 g/mol. The van der Waals surface area contributed by atoms with Gasteiger partial charge in [-0.15, -0.1) is 0 Å². The number of nitrogen functional groups attached to an aromatic ring is 1. The summed E-state index contributed by atoms with van der Waals surface area (Å²) in [5, 5.41) is 0. The molecule has 0 fully saturated rings. The molecule has 2 N–H and O–H groups in total. The second-order valence-electron chi connectivity index (χ2n) is 3.87. The van der Waals surface area contributed by atoms with E-state index in [0.29, 0.717) is 11.7 Å². The maximum Gasteiger partial charge on any atom is 0.221 e. The summed E-state index contributed by atoms with van der Waals surface area (Å²) >= 11 is 3.52. The van der Waals surface area contributed by atoms with Gasteiger partial charge in [0.05, 0.1) is 0 Å². The Bertz CT molecular complexity index is 532. The van der Waals surface area contributed by atoms with Gasteiger partial charge in [-0.3, -0.25) is 0 Å². The molecule has 0 amide bonds. The zero-order valence-corrected chi connectivity index (χ0v) is 11.3. The second-order valence-corrected chi connectivity index (χ2v) is 4.67. The fourth-order valence-electron chi connectivity index (χ4n) is 1.57. The number of nitrogens with zero attached hydrogens (tertiary/aromatic N) is 1. The molecule has 1 heterocycles. The molecule has 3 nitrogen and oxygen atoms in total. The summed E-state index contributed by atoms with van der Waals surface area (Å²) in [6, 6.07) is 9.24. The van der Waals surface area contributed by atoms with Gasteiger partial charge in [0.1, 0.15) is 11.6 Å². The lowest BCUT2D eigenvalue weighted by atomic mass is 10.1. The average Bonchev–Trinajstić information content (AvgIpc) is 2.26. The molecule has 2 aromatic rings. The quantitative estimate of drug-likeness (QED) is 0.915. The highest BCUT2D eigenvalue weighted by molar-refractivity contribution is 9.10. The normalized spacial score (nSPS) is 10.3. The van der Waals surface area contributed by atoms with Crippen LogP contribution in [0.5, 0.6) is 11.6 Å². The van der Waals surface area contributed by atoms with Gasteiger partial charge in [-0.05, 0) is 43.2 Å². The molecule has 0 unspecified atom stereocenters. The smallest absolute Gasteiger partial charge is 0.221 e. The van der Waals surface area contributed by atoms with Gasteiger partial charge in [-0.25, -0.2) is 0 Å². The predicted octanol–water partition coefficient (Wildman–Crippen LogP) is 3.84. The number of nitrogens with two attached hydrogens (primary N) is 1. The van der Waals surface area contributed by atoms with Crippen molar-refractivity contribution in [2.45, 2.75) is 13.8 Å². The Morgan fingerprint density at radius 1 is 1.18 bits per heavy atom. The molecule has 0 bridgehead atoms. The monoisotopic (exact) mass is 292 g/mol. The van der Waals surface area contributed by atoms with E-state index >= 15 is 0 Å². The van der Waals surface area contributed by atoms with Gasteiger partial charge in [-0.1, -0.05) is 22.0 Å². The van der Waals surface area contributed by atoms with Crippen molar-refractivity contribution in [3.05, 3.63) is 45.9 Å². The first-order valence-corrected chi connectivity index (χ1v) is 6.02. The van der Waals surface area contributed by atoms with Crippen LogP contribution in [0.3, 0.4) is 0 Å². The number of hydrogen-bond acceptors (Lipinski definition) is 3. The van der Waals surface area contributed by atoms with E-state index in [-0.39, 0.29) is 0 Å². The van der Waals surface area contributed by atoms with E-state index in [1.807, 2.05) is 32.0 Å². The van der Waals surface area contributed by atoms with Crippen molar-refractivity contribution in [3.8, 4) is 11.6 Å². The van der Waals surface area contributed by atoms with Crippen LogP contribution in [0.25, 0.3) is 0 Å². The van der Waals surface area contributed by atoms with Crippen LogP contribution in [-0.2, 0) is 0 Å². The third kappa shape index (κ3) is 2.77. The van der Waals surface area contributed by atoms with Crippen molar-refractivity contribution in [2.24, 2.45) is 0 Å². The number of benzene rings is 1. The Balaban J connectivity index is 2.31. The van der Waals surface area contributed by atoms with Crippen molar-refractivity contribution >= 4 is 21.7 Å². The lowest BCUT2D eigenvalue weighted by Crippen LogP contribution is -1.94. The number of ether oxygens (including phenoxy) is 1. The first kappa shape index (κ1) is 11.9. The summed E-state index contributed by atoms with van der Waals surface area (Å²) < 4.78 is 6.77. The fourth-order valence-corrected chi connectivity index (χ4v) is 1.80. The molecule has 1 aromatic heterocycles. The molecule has 4 heteroatoms. The highest BCUT2D eigenvalue weighted by Crippen LogP contribution is 2.28. The molecule has 0 atom stereocenters. The Labute approximate surface area is 109 Å². The van der Waals surface area contributed by atoms with Crippen LogP contribution in [-0.4, -0.2) is 4.98 Å². The van der Waals surface area contributed by atoms with E-state index < -0.39 is 0 Å². The van der Waals surface area contributed by atoms with Gasteiger partial charge in [0.25, 0.3) is 0 Å². The molecule has 0 aliphatic heterocycles. The third-order valence-electron chi connectivity index (χ3n) is 2.38. The minimum absolute atomic E-state index is 0.452. The van der Waals surface area contributed by atoms with Crippen LogP contribution in [0.2, 0.25) is 0 Å². The largest absolute Gasteiger partial charge is 0.439 e. The summed E-state index contributed by atoms with van der Waals surface area (Å²) in [7, 11) is 0. The predicted molar refractivity (Wildman–Crippen MR) is 72.3 cm³/mol. The van der Waals surface area contributed by atoms with Crippen LogP contribution < -0.4 is 10.5 Å². The minimum Gasteiger partial charge on any atom is -0.439 e. The molecule has 0 aliphatic rings. The summed E-state index contributed by atoms with van der Waals surface area (Å²) in [6.45, 7) is 4.05. The van der Waals surface area contributed by atoms with Crippen LogP contribution in [0.4, 0.5) is 5.82 Å². The van der Waals surface area contributed by atoms with E-state index in [9.17, 15) is 0 Å². The lowest BCUT2D eigenvalue weighted by molar-refractivity contribution is 0.463. The SMILES string of the molecule is Cc1cc(Oc2cccc(N)n2)cc(C)c1Br. The highest BCUT2D eigenvalue weighted by Gasteiger charge is 2.05. The summed E-state index contributed by atoms with van der Waals surface area (Å²) in [4.78, 5) is 4.09. The van der Waals surface area contributed by atoms with Gasteiger partial charge in [-0.2, -0.15) is 4.98 Å². The van der Waals surface area contributed by atoms with Crippen molar-refractivity contribution in [1.29, 1.82) is 0 Å². The molecule has 88 valence electrons. The Morgan fingerprint density at radius 2 is 1.82 bits per heavy atom. The van der Waals surface area contributed by atoms with Crippen LogP contribution in [0, 0.1) is 13.8 Å². The molecular formula is C13H13BrN2O. The van der Waals surface area contributed by atoms with E-state index in [4.69, 9.17) is 10.5 Å². The molecule has 0 spiro atoms. The number of pyridine rings is 1. The van der Waals surface area contributed by atoms with Gasteiger partial charge in [0.2, 0.25) is 5.88 Å². The molecular weight excluding hydrogens is 280 g/mol. The van der Waals surface area contributed by atoms with Crippen molar-refractivity contribution in [2.75, 3.05) is 5.73 Å². The Morgan fingerprint density at radius 3 is 2.41 bits per heavy atom. The number of anilines is 1. The van der Waals surface area contributed by atoms with Crippen LogP contribution in [0.1, 0.15) is 11.1 Å². The van der Waals surface area contributed by atoms with E-state index in [1.165, 1.54) is 0 Å². The summed E-state index contributed by atoms with van der Waals surface area (Å²) in [5.41, 5.74) is 7.85. The van der Waals surface area contributed by atoms with Crippen molar-refractivity contribution < 1.29 is 4.74 Å². The highest BCUT2D eigenvalue weighted by atomic mass is 79.9. The fraction of sp³-hybridized carbons (Fsp3) is 0.154. The first-order chi connectivity index (χ1) is 8.06. The number of halogens is 1.